The standard InChI is InChI=1S/C16H21N5/c1-12(2)21-10-13(8-17-21)9-20(3)11-16-14-6-4-5-7-15(14)18-19-16/h4-8,10,12H,9,11H2,1-3H3,(H,18,19). The number of benzene rings is 1. The predicted octanol–water partition coefficient (Wildman–Crippen LogP) is 2.97. The molecule has 0 aliphatic carbocycles. The summed E-state index contributed by atoms with van der Waals surface area (Å²) < 4.78 is 1.99. The van der Waals surface area contributed by atoms with Crippen molar-refractivity contribution < 1.29 is 0 Å². The fraction of sp³-hybridized carbons (Fsp3) is 0.375. The maximum absolute atomic E-state index is 4.39. The second kappa shape index (κ2) is 5.69. The number of H-pyrrole nitrogens is 1. The highest BCUT2D eigenvalue weighted by atomic mass is 15.3. The molecule has 5 nitrogen and oxygen atoms in total. The third-order valence-corrected chi connectivity index (χ3v) is 3.61. The van der Waals surface area contributed by atoms with E-state index in [1.807, 2.05) is 29.1 Å². The molecule has 21 heavy (non-hydrogen) atoms. The normalized spacial score (nSPS) is 11.9. The molecule has 110 valence electrons. The average molecular weight is 283 g/mol. The van der Waals surface area contributed by atoms with Gasteiger partial charge in [0.2, 0.25) is 0 Å². The van der Waals surface area contributed by atoms with E-state index in [1.54, 1.807) is 0 Å². The molecule has 0 atom stereocenters. The van der Waals surface area contributed by atoms with Crippen LogP contribution in [-0.4, -0.2) is 31.9 Å². The molecule has 5 heteroatoms. The zero-order chi connectivity index (χ0) is 14.8. The van der Waals surface area contributed by atoms with Crippen LogP contribution in [0.15, 0.2) is 36.7 Å². The van der Waals surface area contributed by atoms with Gasteiger partial charge in [0.1, 0.15) is 0 Å². The molecule has 1 aromatic carbocycles. The van der Waals surface area contributed by atoms with Crippen LogP contribution in [0.1, 0.15) is 31.1 Å². The van der Waals surface area contributed by atoms with E-state index in [1.165, 1.54) is 10.9 Å². The van der Waals surface area contributed by atoms with Gasteiger partial charge in [0.15, 0.2) is 0 Å². The van der Waals surface area contributed by atoms with Crippen molar-refractivity contribution in [2.24, 2.45) is 0 Å². The van der Waals surface area contributed by atoms with E-state index in [4.69, 9.17) is 0 Å². The zero-order valence-corrected chi connectivity index (χ0v) is 12.7. The van der Waals surface area contributed by atoms with Crippen LogP contribution in [0.25, 0.3) is 10.9 Å². The predicted molar refractivity (Wildman–Crippen MR) is 83.9 cm³/mol. The Morgan fingerprint density at radius 2 is 2.05 bits per heavy atom. The largest absolute Gasteiger partial charge is 0.296 e. The van der Waals surface area contributed by atoms with Crippen molar-refractivity contribution in [3.63, 3.8) is 0 Å². The van der Waals surface area contributed by atoms with Gasteiger partial charge in [0, 0.05) is 36.3 Å². The molecule has 3 rings (SSSR count). The van der Waals surface area contributed by atoms with E-state index in [2.05, 4.69) is 53.4 Å². The van der Waals surface area contributed by atoms with Crippen LogP contribution in [0.4, 0.5) is 0 Å². The molecule has 0 amide bonds. The summed E-state index contributed by atoms with van der Waals surface area (Å²) in [5.74, 6) is 0. The molecule has 0 saturated heterocycles. The Labute approximate surface area is 124 Å². The van der Waals surface area contributed by atoms with Crippen LogP contribution < -0.4 is 0 Å². The molecule has 0 aliphatic heterocycles. The van der Waals surface area contributed by atoms with Gasteiger partial charge in [-0.3, -0.25) is 14.7 Å². The van der Waals surface area contributed by atoms with Gasteiger partial charge in [-0.1, -0.05) is 18.2 Å². The second-order valence-electron chi connectivity index (χ2n) is 5.81. The number of hydrogen-bond donors (Lipinski definition) is 1. The first-order valence-corrected chi connectivity index (χ1v) is 7.27. The van der Waals surface area contributed by atoms with Gasteiger partial charge < -0.3 is 0 Å². The van der Waals surface area contributed by atoms with Crippen molar-refractivity contribution in [1.29, 1.82) is 0 Å². The lowest BCUT2D eigenvalue weighted by molar-refractivity contribution is 0.316. The number of nitrogens with one attached hydrogen (secondary N) is 1. The summed E-state index contributed by atoms with van der Waals surface area (Å²) in [4.78, 5) is 2.27. The van der Waals surface area contributed by atoms with Crippen LogP contribution in [-0.2, 0) is 13.1 Å². The lowest BCUT2D eigenvalue weighted by Crippen LogP contribution is -2.17. The van der Waals surface area contributed by atoms with Gasteiger partial charge in [-0.15, -0.1) is 0 Å². The fourth-order valence-electron chi connectivity index (χ4n) is 2.51. The number of hydrogen-bond acceptors (Lipinski definition) is 3. The average Bonchev–Trinajstić information content (AvgIpc) is 3.07. The van der Waals surface area contributed by atoms with Gasteiger partial charge in [-0.25, -0.2) is 0 Å². The Balaban J connectivity index is 1.69. The molecular weight excluding hydrogens is 262 g/mol. The van der Waals surface area contributed by atoms with Crippen LogP contribution >= 0.6 is 0 Å². The summed E-state index contributed by atoms with van der Waals surface area (Å²) in [7, 11) is 2.11. The number of fused-ring (bicyclic) bond motifs is 1. The first-order valence-electron chi connectivity index (χ1n) is 7.27. The summed E-state index contributed by atoms with van der Waals surface area (Å²) in [5, 5.41) is 13.1. The van der Waals surface area contributed by atoms with E-state index in [0.717, 1.165) is 24.3 Å². The monoisotopic (exact) mass is 283 g/mol. The molecule has 0 fully saturated rings. The van der Waals surface area contributed by atoms with Gasteiger partial charge >= 0.3 is 0 Å². The second-order valence-corrected chi connectivity index (χ2v) is 5.81. The first kappa shape index (κ1) is 13.8. The molecular formula is C16H21N5. The van der Waals surface area contributed by atoms with Crippen LogP contribution in [0.5, 0.6) is 0 Å². The molecule has 0 aliphatic rings. The number of nitrogens with zero attached hydrogens (tertiary/aromatic N) is 4. The summed E-state index contributed by atoms with van der Waals surface area (Å²) in [6.45, 7) is 5.99. The lowest BCUT2D eigenvalue weighted by Gasteiger charge is -2.14. The van der Waals surface area contributed by atoms with Crippen molar-refractivity contribution in [2.45, 2.75) is 33.0 Å². The van der Waals surface area contributed by atoms with Crippen LogP contribution in [0.2, 0.25) is 0 Å². The molecule has 0 bridgehead atoms. The Kier molecular flexibility index (Phi) is 3.75. The third-order valence-electron chi connectivity index (χ3n) is 3.61. The van der Waals surface area contributed by atoms with E-state index < -0.39 is 0 Å². The highest BCUT2D eigenvalue weighted by Gasteiger charge is 2.09. The van der Waals surface area contributed by atoms with Crippen LogP contribution in [0.3, 0.4) is 0 Å². The third kappa shape index (κ3) is 2.97. The van der Waals surface area contributed by atoms with Crippen molar-refractivity contribution >= 4 is 10.9 Å². The van der Waals surface area contributed by atoms with Gasteiger partial charge in [0.05, 0.1) is 17.4 Å². The Morgan fingerprint density at radius 3 is 2.81 bits per heavy atom. The molecule has 1 N–H and O–H groups in total. The summed E-state index contributed by atoms with van der Waals surface area (Å²) in [6, 6.07) is 8.60. The summed E-state index contributed by atoms with van der Waals surface area (Å²) in [6.07, 6.45) is 4.06. The van der Waals surface area contributed by atoms with E-state index >= 15 is 0 Å². The van der Waals surface area contributed by atoms with Crippen molar-refractivity contribution in [3.05, 3.63) is 47.9 Å². The minimum absolute atomic E-state index is 0.403. The topological polar surface area (TPSA) is 49.7 Å². The van der Waals surface area contributed by atoms with E-state index in [-0.39, 0.29) is 0 Å². The zero-order valence-electron chi connectivity index (χ0n) is 12.7. The SMILES string of the molecule is CC(C)n1cc(CN(C)Cc2[nH]nc3ccccc23)cn1. The minimum atomic E-state index is 0.403. The quantitative estimate of drug-likeness (QED) is 0.783. The smallest absolute Gasteiger partial charge is 0.0924 e. The van der Waals surface area contributed by atoms with Crippen LogP contribution in [0, 0.1) is 0 Å². The number of rotatable bonds is 5. The minimum Gasteiger partial charge on any atom is -0.296 e. The maximum atomic E-state index is 4.39. The molecule has 0 unspecified atom stereocenters. The molecule has 0 radical (unpaired) electrons. The van der Waals surface area contributed by atoms with E-state index in [0.29, 0.717) is 6.04 Å². The highest BCUT2D eigenvalue weighted by molar-refractivity contribution is 5.81. The van der Waals surface area contributed by atoms with Gasteiger partial charge in [-0.2, -0.15) is 10.2 Å². The Hall–Kier alpha value is -2.14. The fourth-order valence-corrected chi connectivity index (χ4v) is 2.51. The Morgan fingerprint density at radius 1 is 1.24 bits per heavy atom. The molecule has 2 aromatic heterocycles. The first-order chi connectivity index (χ1) is 10.1. The highest BCUT2D eigenvalue weighted by Crippen LogP contribution is 2.17. The lowest BCUT2D eigenvalue weighted by atomic mass is 10.2. The number of para-hydroxylation sites is 1. The molecule has 3 aromatic rings. The van der Waals surface area contributed by atoms with Gasteiger partial charge in [-0.05, 0) is 27.0 Å². The molecule has 2 heterocycles. The van der Waals surface area contributed by atoms with Gasteiger partial charge in [0.25, 0.3) is 0 Å². The maximum Gasteiger partial charge on any atom is 0.0924 e. The van der Waals surface area contributed by atoms with Crippen molar-refractivity contribution in [3.8, 4) is 0 Å². The summed E-state index contributed by atoms with van der Waals surface area (Å²) >= 11 is 0. The van der Waals surface area contributed by atoms with Crippen molar-refractivity contribution in [1.82, 2.24) is 24.9 Å². The number of aromatic nitrogens is 4. The Bertz CT molecular complexity index is 725. The number of aromatic amines is 1. The summed E-state index contributed by atoms with van der Waals surface area (Å²) in [5.41, 5.74) is 3.41. The van der Waals surface area contributed by atoms with Crippen molar-refractivity contribution in [2.75, 3.05) is 7.05 Å². The molecule has 0 saturated carbocycles. The van der Waals surface area contributed by atoms with E-state index in [9.17, 15) is 0 Å². The molecule has 0 spiro atoms.